The number of alkyl halides is 3. The molecule has 1 amide bonds. The van der Waals surface area contributed by atoms with Crippen LogP contribution in [0.5, 0.6) is 0 Å². The van der Waals surface area contributed by atoms with E-state index < -0.39 is 23.8 Å². The Morgan fingerprint density at radius 1 is 1.39 bits per heavy atom. The molecule has 0 saturated heterocycles. The van der Waals surface area contributed by atoms with Gasteiger partial charge < -0.3 is 10.0 Å². The van der Waals surface area contributed by atoms with Gasteiger partial charge in [-0.2, -0.15) is 13.2 Å². The molecule has 2 aromatic rings. The summed E-state index contributed by atoms with van der Waals surface area (Å²) in [6.45, 7) is 0.723. The SMILES string of the molecule is O=C(C(O)c1cccc(C(F)(F)F)c1)N1CCc2ncsc2C1. The van der Waals surface area contributed by atoms with Gasteiger partial charge >= 0.3 is 6.18 Å². The molecule has 0 saturated carbocycles. The zero-order valence-electron chi connectivity index (χ0n) is 11.9. The minimum Gasteiger partial charge on any atom is -0.378 e. The van der Waals surface area contributed by atoms with Gasteiger partial charge in [-0.15, -0.1) is 11.3 Å². The lowest BCUT2D eigenvalue weighted by Crippen LogP contribution is -2.38. The van der Waals surface area contributed by atoms with Crippen LogP contribution in [0.2, 0.25) is 0 Å². The summed E-state index contributed by atoms with van der Waals surface area (Å²) in [4.78, 5) is 19.0. The van der Waals surface area contributed by atoms with Crippen molar-refractivity contribution in [1.29, 1.82) is 0 Å². The number of thiazole rings is 1. The van der Waals surface area contributed by atoms with Crippen LogP contribution in [-0.2, 0) is 23.9 Å². The average molecular weight is 342 g/mol. The van der Waals surface area contributed by atoms with Crippen molar-refractivity contribution in [2.24, 2.45) is 0 Å². The van der Waals surface area contributed by atoms with Gasteiger partial charge in [-0.25, -0.2) is 4.98 Å². The predicted octanol–water partition coefficient (Wildman–Crippen LogP) is 2.78. The first kappa shape index (κ1) is 15.9. The molecule has 0 aliphatic carbocycles. The number of aromatic nitrogens is 1. The molecule has 0 bridgehead atoms. The lowest BCUT2D eigenvalue weighted by molar-refractivity contribution is -0.142. The van der Waals surface area contributed by atoms with Gasteiger partial charge in [0.05, 0.1) is 23.3 Å². The maximum Gasteiger partial charge on any atom is 0.416 e. The molecule has 1 aliphatic rings. The fraction of sp³-hybridized carbons (Fsp3) is 0.333. The molecule has 8 heteroatoms. The largest absolute Gasteiger partial charge is 0.416 e. The van der Waals surface area contributed by atoms with Crippen LogP contribution >= 0.6 is 11.3 Å². The van der Waals surface area contributed by atoms with Gasteiger partial charge in [-0.1, -0.05) is 12.1 Å². The van der Waals surface area contributed by atoms with E-state index in [2.05, 4.69) is 4.98 Å². The standard InChI is InChI=1S/C15H13F3N2O2S/c16-15(17,18)10-3-1-2-9(6-10)13(21)14(22)20-5-4-11-12(7-20)23-8-19-11/h1-3,6,8,13,21H,4-5,7H2. The van der Waals surface area contributed by atoms with Crippen LogP contribution in [0, 0.1) is 0 Å². The van der Waals surface area contributed by atoms with Crippen molar-refractivity contribution in [2.75, 3.05) is 6.54 Å². The summed E-state index contributed by atoms with van der Waals surface area (Å²) in [5, 5.41) is 10.2. The number of carbonyl (C=O) groups is 1. The molecular formula is C15H13F3N2O2S. The Labute approximate surface area is 134 Å². The Hall–Kier alpha value is -1.93. The third kappa shape index (κ3) is 3.23. The number of hydrogen-bond donors (Lipinski definition) is 1. The molecule has 2 heterocycles. The molecule has 1 aromatic carbocycles. The number of fused-ring (bicyclic) bond motifs is 1. The number of halogens is 3. The Balaban J connectivity index is 1.78. The van der Waals surface area contributed by atoms with Gasteiger partial charge in [0.1, 0.15) is 0 Å². The van der Waals surface area contributed by atoms with E-state index in [1.54, 1.807) is 5.51 Å². The summed E-state index contributed by atoms with van der Waals surface area (Å²) < 4.78 is 38.2. The Kier molecular flexibility index (Phi) is 4.11. The van der Waals surface area contributed by atoms with E-state index in [0.717, 1.165) is 22.7 Å². The summed E-state index contributed by atoms with van der Waals surface area (Å²) in [5.74, 6) is -0.594. The smallest absolute Gasteiger partial charge is 0.378 e. The fourth-order valence-electron chi connectivity index (χ4n) is 2.51. The first-order chi connectivity index (χ1) is 10.9. The average Bonchev–Trinajstić information content (AvgIpc) is 3.00. The molecule has 0 fully saturated rings. The van der Waals surface area contributed by atoms with Crippen LogP contribution < -0.4 is 0 Å². The zero-order chi connectivity index (χ0) is 16.6. The Morgan fingerprint density at radius 3 is 2.91 bits per heavy atom. The van der Waals surface area contributed by atoms with E-state index in [1.165, 1.54) is 28.4 Å². The van der Waals surface area contributed by atoms with E-state index in [-0.39, 0.29) is 5.56 Å². The van der Waals surface area contributed by atoms with Crippen molar-refractivity contribution in [3.05, 3.63) is 51.5 Å². The zero-order valence-corrected chi connectivity index (χ0v) is 12.7. The highest BCUT2D eigenvalue weighted by Gasteiger charge is 2.33. The van der Waals surface area contributed by atoms with Gasteiger partial charge in [0.15, 0.2) is 6.10 Å². The van der Waals surface area contributed by atoms with Crippen LogP contribution in [0.25, 0.3) is 0 Å². The Bertz CT molecular complexity index is 730. The van der Waals surface area contributed by atoms with Gasteiger partial charge in [0.25, 0.3) is 5.91 Å². The van der Waals surface area contributed by atoms with E-state index >= 15 is 0 Å². The second kappa shape index (κ2) is 5.93. The Morgan fingerprint density at radius 2 is 2.17 bits per heavy atom. The molecule has 1 aliphatic heterocycles. The lowest BCUT2D eigenvalue weighted by atomic mass is 10.0. The maximum atomic E-state index is 12.7. The number of rotatable bonds is 2. The monoisotopic (exact) mass is 342 g/mol. The van der Waals surface area contributed by atoms with Crippen LogP contribution in [-0.4, -0.2) is 27.4 Å². The third-order valence-corrected chi connectivity index (χ3v) is 4.61. The highest BCUT2D eigenvalue weighted by Crippen LogP contribution is 2.31. The van der Waals surface area contributed by atoms with Gasteiger partial charge in [-0.05, 0) is 17.7 Å². The molecule has 1 N–H and O–H groups in total. The molecule has 4 nitrogen and oxygen atoms in total. The van der Waals surface area contributed by atoms with Crippen molar-refractivity contribution in [2.45, 2.75) is 25.2 Å². The summed E-state index contributed by atoms with van der Waals surface area (Å²) in [5.41, 5.74) is 1.69. The number of nitrogens with zero attached hydrogens (tertiary/aromatic N) is 2. The van der Waals surface area contributed by atoms with Crippen LogP contribution in [0.1, 0.15) is 27.8 Å². The second-order valence-electron chi connectivity index (χ2n) is 5.26. The highest BCUT2D eigenvalue weighted by molar-refractivity contribution is 7.09. The number of amides is 1. The topological polar surface area (TPSA) is 53.4 Å². The molecular weight excluding hydrogens is 329 g/mol. The molecule has 23 heavy (non-hydrogen) atoms. The minimum absolute atomic E-state index is 0.0556. The van der Waals surface area contributed by atoms with Crippen molar-refractivity contribution in [1.82, 2.24) is 9.88 Å². The number of hydrogen-bond acceptors (Lipinski definition) is 4. The van der Waals surface area contributed by atoms with Crippen LogP contribution in [0.15, 0.2) is 29.8 Å². The van der Waals surface area contributed by atoms with E-state index in [1.807, 2.05) is 0 Å². The molecule has 0 spiro atoms. The third-order valence-electron chi connectivity index (χ3n) is 3.75. The van der Waals surface area contributed by atoms with Crippen LogP contribution in [0.3, 0.4) is 0 Å². The normalized spacial score (nSPS) is 16.1. The summed E-state index contributed by atoms with van der Waals surface area (Å²) in [6, 6.07) is 4.22. The van der Waals surface area contributed by atoms with Crippen molar-refractivity contribution < 1.29 is 23.1 Å². The first-order valence-electron chi connectivity index (χ1n) is 6.91. The van der Waals surface area contributed by atoms with Gasteiger partial charge in [-0.3, -0.25) is 4.79 Å². The minimum atomic E-state index is -4.51. The summed E-state index contributed by atoms with van der Waals surface area (Å²) >= 11 is 1.42. The summed E-state index contributed by atoms with van der Waals surface area (Å²) in [6.07, 6.45) is -5.53. The molecule has 1 atom stereocenters. The molecule has 1 aromatic heterocycles. The van der Waals surface area contributed by atoms with Crippen LogP contribution in [0.4, 0.5) is 13.2 Å². The highest BCUT2D eigenvalue weighted by atomic mass is 32.1. The lowest BCUT2D eigenvalue weighted by Gasteiger charge is -2.28. The van der Waals surface area contributed by atoms with E-state index in [0.29, 0.717) is 19.5 Å². The first-order valence-corrected chi connectivity index (χ1v) is 7.79. The van der Waals surface area contributed by atoms with Gasteiger partial charge in [0.2, 0.25) is 0 Å². The second-order valence-corrected chi connectivity index (χ2v) is 6.20. The van der Waals surface area contributed by atoms with E-state index in [9.17, 15) is 23.1 Å². The molecule has 1 unspecified atom stereocenters. The number of benzene rings is 1. The quantitative estimate of drug-likeness (QED) is 0.913. The number of carbonyl (C=O) groups excluding carboxylic acids is 1. The maximum absolute atomic E-state index is 12.7. The fourth-order valence-corrected chi connectivity index (χ4v) is 3.34. The van der Waals surface area contributed by atoms with Gasteiger partial charge in [0, 0.05) is 17.8 Å². The van der Waals surface area contributed by atoms with Crippen molar-refractivity contribution in [3.8, 4) is 0 Å². The van der Waals surface area contributed by atoms with E-state index in [4.69, 9.17) is 0 Å². The van der Waals surface area contributed by atoms with Crippen molar-refractivity contribution in [3.63, 3.8) is 0 Å². The predicted molar refractivity (Wildman–Crippen MR) is 77.6 cm³/mol. The summed E-state index contributed by atoms with van der Waals surface area (Å²) in [7, 11) is 0. The molecule has 0 radical (unpaired) electrons. The van der Waals surface area contributed by atoms with Crippen molar-refractivity contribution >= 4 is 17.2 Å². The number of aliphatic hydroxyl groups is 1. The number of aliphatic hydroxyl groups excluding tert-OH is 1. The molecule has 122 valence electrons. The molecule has 3 rings (SSSR count).